The highest BCUT2D eigenvalue weighted by molar-refractivity contribution is 9.10. The number of halogens is 2. The number of aryl methyl sites for hydroxylation is 2. The van der Waals surface area contributed by atoms with Gasteiger partial charge < -0.3 is 5.11 Å². The van der Waals surface area contributed by atoms with Crippen molar-refractivity contribution < 1.29 is 9.50 Å². The molecule has 1 nitrogen and oxygen atoms in total. The molecular weight excluding hydrogens is 307 g/mol. The average molecular weight is 323 g/mol. The third kappa shape index (κ3) is 2.72. The lowest BCUT2D eigenvalue weighted by Gasteiger charge is -2.27. The second kappa shape index (κ2) is 5.06. The predicted octanol–water partition coefficient (Wildman–Crippen LogP) is 4.46. The van der Waals surface area contributed by atoms with Crippen molar-refractivity contribution in [1.29, 1.82) is 0 Å². The second-order valence-corrected chi connectivity index (χ2v) is 5.93. The van der Waals surface area contributed by atoms with Crippen molar-refractivity contribution in [2.75, 3.05) is 0 Å². The first-order valence-corrected chi connectivity index (χ1v) is 6.87. The molecule has 0 radical (unpaired) electrons. The summed E-state index contributed by atoms with van der Waals surface area (Å²) in [6.07, 6.45) is 0. The van der Waals surface area contributed by atoms with E-state index >= 15 is 0 Å². The Morgan fingerprint density at radius 3 is 2.21 bits per heavy atom. The average Bonchev–Trinajstić information content (AvgIpc) is 2.27. The number of hydrogen-bond donors (Lipinski definition) is 1. The van der Waals surface area contributed by atoms with Gasteiger partial charge >= 0.3 is 0 Å². The van der Waals surface area contributed by atoms with Gasteiger partial charge in [0.2, 0.25) is 0 Å². The van der Waals surface area contributed by atoms with Crippen LogP contribution in [0.4, 0.5) is 4.39 Å². The van der Waals surface area contributed by atoms with E-state index in [0.717, 1.165) is 15.6 Å². The van der Waals surface area contributed by atoms with Crippen LogP contribution in [0.25, 0.3) is 0 Å². The zero-order chi connectivity index (χ0) is 14.2. The summed E-state index contributed by atoms with van der Waals surface area (Å²) in [5, 5.41) is 10.7. The number of aliphatic hydroxyl groups is 1. The van der Waals surface area contributed by atoms with Crippen LogP contribution in [-0.2, 0) is 5.60 Å². The van der Waals surface area contributed by atoms with Gasteiger partial charge in [-0.1, -0.05) is 34.1 Å². The Kier molecular flexibility index (Phi) is 3.79. The highest BCUT2D eigenvalue weighted by Crippen LogP contribution is 2.34. The van der Waals surface area contributed by atoms with E-state index in [1.807, 2.05) is 32.0 Å². The van der Waals surface area contributed by atoms with Gasteiger partial charge in [0.05, 0.1) is 0 Å². The van der Waals surface area contributed by atoms with Crippen LogP contribution in [0.2, 0.25) is 0 Å². The van der Waals surface area contributed by atoms with E-state index in [2.05, 4.69) is 15.9 Å². The molecule has 1 unspecified atom stereocenters. The summed E-state index contributed by atoms with van der Waals surface area (Å²) in [7, 11) is 0. The van der Waals surface area contributed by atoms with Crippen molar-refractivity contribution in [3.8, 4) is 0 Å². The van der Waals surface area contributed by atoms with Crippen LogP contribution in [0.3, 0.4) is 0 Å². The predicted molar refractivity (Wildman–Crippen MR) is 78.7 cm³/mol. The van der Waals surface area contributed by atoms with Crippen molar-refractivity contribution in [3.05, 3.63) is 68.9 Å². The molecular formula is C16H16BrFO. The van der Waals surface area contributed by atoms with E-state index in [1.54, 1.807) is 19.1 Å². The molecule has 0 bridgehead atoms. The molecule has 2 aromatic carbocycles. The largest absolute Gasteiger partial charge is 0.381 e. The van der Waals surface area contributed by atoms with Gasteiger partial charge in [0.15, 0.2) is 0 Å². The molecule has 2 aromatic rings. The van der Waals surface area contributed by atoms with Crippen LogP contribution in [0.1, 0.15) is 29.2 Å². The van der Waals surface area contributed by atoms with Crippen molar-refractivity contribution >= 4 is 15.9 Å². The van der Waals surface area contributed by atoms with Gasteiger partial charge in [-0.2, -0.15) is 0 Å². The lowest BCUT2D eigenvalue weighted by molar-refractivity contribution is 0.0972. The molecule has 0 aliphatic rings. The Bertz CT molecular complexity index is 580. The molecule has 0 saturated heterocycles. The lowest BCUT2D eigenvalue weighted by Crippen LogP contribution is -2.25. The molecule has 0 aromatic heterocycles. The third-order valence-corrected chi connectivity index (χ3v) is 3.85. The number of rotatable bonds is 2. The molecule has 0 spiro atoms. The van der Waals surface area contributed by atoms with Gasteiger partial charge in [0.1, 0.15) is 11.4 Å². The summed E-state index contributed by atoms with van der Waals surface area (Å²) in [4.78, 5) is 0. The first kappa shape index (κ1) is 14.2. The zero-order valence-corrected chi connectivity index (χ0v) is 12.8. The smallest absolute Gasteiger partial charge is 0.130 e. The monoisotopic (exact) mass is 322 g/mol. The van der Waals surface area contributed by atoms with Crippen molar-refractivity contribution in [3.63, 3.8) is 0 Å². The summed E-state index contributed by atoms with van der Waals surface area (Å²) < 4.78 is 15.1. The van der Waals surface area contributed by atoms with Gasteiger partial charge in [0, 0.05) is 10.0 Å². The maximum Gasteiger partial charge on any atom is 0.130 e. The fourth-order valence-corrected chi connectivity index (χ4v) is 2.72. The van der Waals surface area contributed by atoms with Crippen LogP contribution in [0.5, 0.6) is 0 Å². The highest BCUT2D eigenvalue weighted by Gasteiger charge is 2.30. The molecule has 100 valence electrons. The van der Waals surface area contributed by atoms with E-state index < -0.39 is 5.60 Å². The first-order chi connectivity index (χ1) is 8.82. The quantitative estimate of drug-likeness (QED) is 0.865. The fourth-order valence-electron chi connectivity index (χ4n) is 2.45. The van der Waals surface area contributed by atoms with E-state index in [4.69, 9.17) is 0 Å². The summed E-state index contributed by atoms with van der Waals surface area (Å²) in [6.45, 7) is 5.28. The third-order valence-electron chi connectivity index (χ3n) is 3.32. The lowest BCUT2D eigenvalue weighted by atomic mass is 9.84. The summed E-state index contributed by atoms with van der Waals surface area (Å²) in [5.41, 5.74) is 1.26. The minimum absolute atomic E-state index is 0.334. The first-order valence-electron chi connectivity index (χ1n) is 6.08. The molecule has 0 aliphatic heterocycles. The minimum Gasteiger partial charge on any atom is -0.381 e. The molecule has 0 fully saturated rings. The Hall–Kier alpha value is -1.19. The van der Waals surface area contributed by atoms with Crippen molar-refractivity contribution in [2.24, 2.45) is 0 Å². The maximum absolute atomic E-state index is 14.2. The highest BCUT2D eigenvalue weighted by atomic mass is 79.9. The number of hydrogen-bond acceptors (Lipinski definition) is 1. The molecule has 0 aliphatic carbocycles. The van der Waals surface area contributed by atoms with E-state index in [0.29, 0.717) is 11.1 Å². The fraction of sp³-hybridized carbons (Fsp3) is 0.250. The molecule has 1 atom stereocenters. The van der Waals surface area contributed by atoms with Crippen molar-refractivity contribution in [2.45, 2.75) is 26.4 Å². The zero-order valence-electron chi connectivity index (χ0n) is 11.2. The Balaban J connectivity index is 2.59. The van der Waals surface area contributed by atoms with Gasteiger partial charge in [-0.3, -0.25) is 0 Å². The normalized spacial score (nSPS) is 14.2. The van der Waals surface area contributed by atoms with Crippen LogP contribution >= 0.6 is 15.9 Å². The molecule has 2 rings (SSSR count). The topological polar surface area (TPSA) is 20.2 Å². The van der Waals surface area contributed by atoms with Crippen molar-refractivity contribution in [1.82, 2.24) is 0 Å². The summed E-state index contributed by atoms with van der Waals surface area (Å²) in [6, 6.07) is 10.6. The van der Waals surface area contributed by atoms with Crippen LogP contribution < -0.4 is 0 Å². The summed E-state index contributed by atoms with van der Waals surface area (Å²) >= 11 is 3.35. The maximum atomic E-state index is 14.2. The molecule has 3 heteroatoms. The van der Waals surface area contributed by atoms with Crippen LogP contribution in [-0.4, -0.2) is 5.11 Å². The summed E-state index contributed by atoms with van der Waals surface area (Å²) in [5.74, 6) is -0.370. The van der Waals surface area contributed by atoms with E-state index in [9.17, 15) is 9.50 Å². The van der Waals surface area contributed by atoms with E-state index in [1.165, 1.54) is 6.07 Å². The Labute approximate surface area is 121 Å². The molecule has 0 saturated carbocycles. The second-order valence-electron chi connectivity index (χ2n) is 5.02. The Morgan fingerprint density at radius 1 is 1.11 bits per heavy atom. The molecule has 0 heterocycles. The molecule has 19 heavy (non-hydrogen) atoms. The van der Waals surface area contributed by atoms with Gasteiger partial charge in [-0.15, -0.1) is 0 Å². The number of benzene rings is 2. The van der Waals surface area contributed by atoms with Gasteiger partial charge in [0.25, 0.3) is 0 Å². The standard InChI is InChI=1S/C16H16BrFO/c1-10-8-11(2)15(14(18)9-10)16(3,19)12-4-6-13(17)7-5-12/h4-9,19H,1-3H3. The molecule has 0 amide bonds. The van der Waals surface area contributed by atoms with Gasteiger partial charge in [-0.25, -0.2) is 4.39 Å². The SMILES string of the molecule is Cc1cc(C)c(C(C)(O)c2ccc(Br)cc2)c(F)c1. The molecule has 1 N–H and O–H groups in total. The minimum atomic E-state index is -1.34. The van der Waals surface area contributed by atoms with Gasteiger partial charge in [-0.05, 0) is 55.7 Å². The van der Waals surface area contributed by atoms with Crippen LogP contribution in [0, 0.1) is 19.7 Å². The Morgan fingerprint density at radius 2 is 1.68 bits per heavy atom. The van der Waals surface area contributed by atoms with Crippen LogP contribution in [0.15, 0.2) is 40.9 Å². The van der Waals surface area contributed by atoms with E-state index in [-0.39, 0.29) is 5.82 Å².